The van der Waals surface area contributed by atoms with E-state index < -0.39 is 0 Å². The molecule has 0 fully saturated rings. The number of hydrogen-bond donors (Lipinski definition) is 1. The van der Waals surface area contributed by atoms with Gasteiger partial charge in [0.15, 0.2) is 0 Å². The molecule has 0 unspecified atom stereocenters. The van der Waals surface area contributed by atoms with Crippen molar-refractivity contribution in [3.05, 3.63) is 29.3 Å². The van der Waals surface area contributed by atoms with Crippen LogP contribution in [0.4, 0.5) is 0 Å². The minimum Gasteiger partial charge on any atom is -0.494 e. The van der Waals surface area contributed by atoms with E-state index >= 15 is 0 Å². The number of ether oxygens (including phenoxy) is 1. The third-order valence-electron chi connectivity index (χ3n) is 3.34. The van der Waals surface area contributed by atoms with E-state index in [1.54, 1.807) is 0 Å². The molecule has 0 spiro atoms. The van der Waals surface area contributed by atoms with Crippen molar-refractivity contribution in [1.29, 1.82) is 0 Å². The maximum absolute atomic E-state index is 5.71. The second kappa shape index (κ2) is 6.87. The molecule has 1 N–H and O–H groups in total. The normalized spacial score (nSPS) is 18.1. The van der Waals surface area contributed by atoms with Crippen molar-refractivity contribution >= 4 is 12.4 Å². The first-order valence-electron chi connectivity index (χ1n) is 6.26. The van der Waals surface area contributed by atoms with Gasteiger partial charge in [-0.05, 0) is 56.3 Å². The molecule has 0 saturated heterocycles. The highest BCUT2D eigenvalue weighted by molar-refractivity contribution is 5.85. The van der Waals surface area contributed by atoms with Crippen molar-refractivity contribution in [3.8, 4) is 5.75 Å². The summed E-state index contributed by atoms with van der Waals surface area (Å²) in [5.41, 5.74) is 2.93. The van der Waals surface area contributed by atoms with Gasteiger partial charge in [-0.15, -0.1) is 12.4 Å². The number of likely N-dealkylation sites (N-methyl/N-ethyl adjacent to an activating group) is 1. The zero-order valence-electron chi connectivity index (χ0n) is 10.7. The quantitative estimate of drug-likeness (QED) is 0.893. The minimum absolute atomic E-state index is 0. The number of fused-ring (bicyclic) bond motifs is 1. The maximum Gasteiger partial charge on any atom is 0.122 e. The fourth-order valence-electron chi connectivity index (χ4n) is 2.66. The van der Waals surface area contributed by atoms with Crippen LogP contribution in [0.3, 0.4) is 0 Å². The van der Waals surface area contributed by atoms with E-state index in [0.29, 0.717) is 5.92 Å². The summed E-state index contributed by atoms with van der Waals surface area (Å²) in [6.45, 7) is 3.88. The summed E-state index contributed by atoms with van der Waals surface area (Å²) in [5, 5.41) is 3.29. The summed E-state index contributed by atoms with van der Waals surface area (Å²) in [7, 11) is 2.03. The van der Waals surface area contributed by atoms with Crippen LogP contribution < -0.4 is 10.1 Å². The van der Waals surface area contributed by atoms with Crippen molar-refractivity contribution in [2.24, 2.45) is 0 Å². The minimum atomic E-state index is 0. The van der Waals surface area contributed by atoms with Gasteiger partial charge >= 0.3 is 0 Å². The molecule has 1 aromatic rings. The molecule has 0 bridgehead atoms. The monoisotopic (exact) mass is 255 g/mol. The lowest BCUT2D eigenvalue weighted by atomic mass is 9.82. The third kappa shape index (κ3) is 3.14. The summed E-state index contributed by atoms with van der Waals surface area (Å²) in [6, 6.07) is 6.49. The molecule has 1 aliphatic rings. The second-order valence-corrected chi connectivity index (χ2v) is 4.40. The maximum atomic E-state index is 5.71. The van der Waals surface area contributed by atoms with Crippen molar-refractivity contribution in [1.82, 2.24) is 5.32 Å². The molecule has 0 aromatic heterocycles. The van der Waals surface area contributed by atoms with Gasteiger partial charge in [0.2, 0.25) is 0 Å². The van der Waals surface area contributed by atoms with Gasteiger partial charge in [0.1, 0.15) is 5.75 Å². The molecule has 0 amide bonds. The van der Waals surface area contributed by atoms with E-state index in [4.69, 9.17) is 4.74 Å². The van der Waals surface area contributed by atoms with Gasteiger partial charge in [0.05, 0.1) is 6.61 Å². The fourth-order valence-corrected chi connectivity index (χ4v) is 2.66. The van der Waals surface area contributed by atoms with Crippen LogP contribution in [0.15, 0.2) is 18.2 Å². The number of halogens is 1. The summed E-state index contributed by atoms with van der Waals surface area (Å²) >= 11 is 0. The highest BCUT2D eigenvalue weighted by Crippen LogP contribution is 2.36. The van der Waals surface area contributed by atoms with Crippen LogP contribution in [-0.2, 0) is 6.42 Å². The van der Waals surface area contributed by atoms with Crippen LogP contribution in [-0.4, -0.2) is 20.2 Å². The topological polar surface area (TPSA) is 21.3 Å². The van der Waals surface area contributed by atoms with Crippen LogP contribution in [0.1, 0.15) is 36.8 Å². The molecule has 96 valence electrons. The lowest BCUT2D eigenvalue weighted by molar-refractivity contribution is 0.333. The number of benzene rings is 1. The average Bonchev–Trinajstić information content (AvgIpc) is 2.31. The molecule has 1 aromatic carbocycles. The summed E-state index contributed by atoms with van der Waals surface area (Å²) < 4.78 is 5.71. The lowest BCUT2D eigenvalue weighted by Crippen LogP contribution is -2.21. The Morgan fingerprint density at radius 2 is 2.24 bits per heavy atom. The first-order valence-corrected chi connectivity index (χ1v) is 6.26. The lowest BCUT2D eigenvalue weighted by Gasteiger charge is -2.27. The molecule has 0 aliphatic heterocycles. The van der Waals surface area contributed by atoms with Crippen LogP contribution >= 0.6 is 12.4 Å². The first-order chi connectivity index (χ1) is 7.86. The molecule has 17 heavy (non-hydrogen) atoms. The molecular formula is C14H22ClNO. The van der Waals surface area contributed by atoms with E-state index in [-0.39, 0.29) is 12.4 Å². The fraction of sp³-hybridized carbons (Fsp3) is 0.571. The van der Waals surface area contributed by atoms with Crippen molar-refractivity contribution in [2.45, 2.75) is 32.1 Å². The molecule has 0 heterocycles. The van der Waals surface area contributed by atoms with E-state index in [2.05, 4.69) is 23.5 Å². The van der Waals surface area contributed by atoms with E-state index in [1.165, 1.54) is 30.4 Å². The Morgan fingerprint density at radius 3 is 2.94 bits per heavy atom. The van der Waals surface area contributed by atoms with Crippen LogP contribution in [0.2, 0.25) is 0 Å². The van der Waals surface area contributed by atoms with Crippen molar-refractivity contribution < 1.29 is 4.74 Å². The summed E-state index contributed by atoms with van der Waals surface area (Å²) in [6.07, 6.45) is 3.75. The molecule has 3 heteroatoms. The van der Waals surface area contributed by atoms with Crippen LogP contribution in [0, 0.1) is 0 Å². The highest BCUT2D eigenvalue weighted by Gasteiger charge is 2.21. The van der Waals surface area contributed by atoms with Crippen LogP contribution in [0.5, 0.6) is 5.75 Å². The van der Waals surface area contributed by atoms with Gasteiger partial charge in [0, 0.05) is 6.54 Å². The molecule has 1 atom stereocenters. The zero-order valence-corrected chi connectivity index (χ0v) is 11.5. The zero-order chi connectivity index (χ0) is 11.4. The predicted octanol–water partition coefficient (Wildman–Crippen LogP) is 3.15. The van der Waals surface area contributed by atoms with Crippen molar-refractivity contribution in [2.75, 3.05) is 20.2 Å². The third-order valence-corrected chi connectivity index (χ3v) is 3.34. The Kier molecular flexibility index (Phi) is 5.79. The average molecular weight is 256 g/mol. The standard InChI is InChI=1S/C14H21NO.ClH/c1-3-16-14-9-5-7-12-11(10-15-2)6-4-8-13(12)14;/h5,7,9,11,15H,3-4,6,8,10H2,1-2H3;1H/t11-;/m0./s1. The smallest absolute Gasteiger partial charge is 0.122 e. The molecule has 1 aliphatic carbocycles. The van der Waals surface area contributed by atoms with Gasteiger partial charge in [-0.2, -0.15) is 0 Å². The Bertz CT molecular complexity index is 354. The van der Waals surface area contributed by atoms with E-state index in [0.717, 1.165) is 18.9 Å². The van der Waals surface area contributed by atoms with Gasteiger partial charge in [-0.25, -0.2) is 0 Å². The Morgan fingerprint density at radius 1 is 1.41 bits per heavy atom. The van der Waals surface area contributed by atoms with Gasteiger partial charge in [-0.1, -0.05) is 12.1 Å². The SMILES string of the molecule is CCOc1cccc2c1CCC[C@H]2CNC.Cl. The molecule has 2 nitrogen and oxygen atoms in total. The Balaban J connectivity index is 0.00000144. The van der Waals surface area contributed by atoms with Gasteiger partial charge in [0.25, 0.3) is 0 Å². The number of nitrogens with one attached hydrogen (secondary N) is 1. The Labute approximate surface area is 110 Å². The summed E-state index contributed by atoms with van der Waals surface area (Å²) in [5.74, 6) is 1.76. The molecule has 0 radical (unpaired) electrons. The summed E-state index contributed by atoms with van der Waals surface area (Å²) in [4.78, 5) is 0. The molecule has 0 saturated carbocycles. The van der Waals surface area contributed by atoms with E-state index in [9.17, 15) is 0 Å². The number of rotatable bonds is 4. The highest BCUT2D eigenvalue weighted by atomic mass is 35.5. The van der Waals surface area contributed by atoms with Gasteiger partial charge < -0.3 is 10.1 Å². The predicted molar refractivity (Wildman–Crippen MR) is 74.5 cm³/mol. The first kappa shape index (κ1) is 14.3. The second-order valence-electron chi connectivity index (χ2n) is 4.40. The largest absolute Gasteiger partial charge is 0.494 e. The molecular weight excluding hydrogens is 234 g/mol. The molecule has 2 rings (SSSR count). The van der Waals surface area contributed by atoms with E-state index in [1.807, 2.05) is 14.0 Å². The van der Waals surface area contributed by atoms with Crippen molar-refractivity contribution in [3.63, 3.8) is 0 Å². The number of hydrogen-bond acceptors (Lipinski definition) is 2. The van der Waals surface area contributed by atoms with Crippen LogP contribution in [0.25, 0.3) is 0 Å². The Hall–Kier alpha value is -0.730. The van der Waals surface area contributed by atoms with Gasteiger partial charge in [-0.3, -0.25) is 0 Å².